The molecule has 2 rings (SSSR count). The van der Waals surface area contributed by atoms with Crippen LogP contribution in [-0.4, -0.2) is 16.3 Å². The second-order valence-corrected chi connectivity index (χ2v) is 4.47. The van der Waals surface area contributed by atoms with Crippen molar-refractivity contribution in [3.63, 3.8) is 0 Å². The first-order chi connectivity index (χ1) is 6.65. The van der Waals surface area contributed by atoms with Gasteiger partial charge in [0.05, 0.1) is 16.4 Å². The summed E-state index contributed by atoms with van der Waals surface area (Å²) in [7, 11) is 1.94. The molecule has 0 spiro atoms. The first-order valence-corrected chi connectivity index (χ1v) is 5.42. The zero-order valence-electron chi connectivity index (χ0n) is 8.63. The van der Waals surface area contributed by atoms with Gasteiger partial charge in [-0.25, -0.2) is 0 Å². The molecule has 1 unspecified atom stereocenters. The van der Waals surface area contributed by atoms with Crippen LogP contribution in [0.1, 0.15) is 30.1 Å². The number of aromatic nitrogens is 2. The molecule has 1 saturated carbocycles. The highest BCUT2D eigenvalue weighted by molar-refractivity contribution is 6.31. The van der Waals surface area contributed by atoms with Gasteiger partial charge in [0, 0.05) is 19.5 Å². The van der Waals surface area contributed by atoms with E-state index < -0.39 is 0 Å². The molecule has 1 atom stereocenters. The SMILES string of the molecule is Cc1nn(C)c(C(CN)C2CC2)c1Cl. The molecule has 1 fully saturated rings. The highest BCUT2D eigenvalue weighted by Gasteiger charge is 2.34. The smallest absolute Gasteiger partial charge is 0.0850 e. The molecule has 1 heterocycles. The van der Waals surface area contributed by atoms with Crippen LogP contribution in [0, 0.1) is 12.8 Å². The Morgan fingerprint density at radius 1 is 1.64 bits per heavy atom. The minimum absolute atomic E-state index is 0.397. The lowest BCUT2D eigenvalue weighted by Gasteiger charge is -2.14. The normalized spacial score (nSPS) is 18.6. The van der Waals surface area contributed by atoms with E-state index in [4.69, 9.17) is 17.3 Å². The van der Waals surface area contributed by atoms with E-state index in [2.05, 4.69) is 5.10 Å². The summed E-state index contributed by atoms with van der Waals surface area (Å²) in [6.45, 7) is 2.61. The van der Waals surface area contributed by atoms with Crippen LogP contribution in [0.4, 0.5) is 0 Å². The van der Waals surface area contributed by atoms with Crippen LogP contribution in [-0.2, 0) is 7.05 Å². The fraction of sp³-hybridized carbons (Fsp3) is 0.700. The highest BCUT2D eigenvalue weighted by atomic mass is 35.5. The third-order valence-corrected chi connectivity index (χ3v) is 3.45. The molecule has 0 radical (unpaired) electrons. The zero-order valence-corrected chi connectivity index (χ0v) is 9.38. The van der Waals surface area contributed by atoms with Crippen molar-refractivity contribution in [1.82, 2.24) is 9.78 Å². The van der Waals surface area contributed by atoms with Gasteiger partial charge < -0.3 is 5.73 Å². The van der Waals surface area contributed by atoms with Crippen molar-refractivity contribution in [3.8, 4) is 0 Å². The Balaban J connectivity index is 2.37. The van der Waals surface area contributed by atoms with E-state index >= 15 is 0 Å². The maximum atomic E-state index is 6.22. The van der Waals surface area contributed by atoms with Gasteiger partial charge in [-0.1, -0.05) is 11.6 Å². The molecule has 2 N–H and O–H groups in total. The molecule has 1 aliphatic carbocycles. The Kier molecular flexibility index (Phi) is 2.54. The molecule has 14 heavy (non-hydrogen) atoms. The number of nitrogens with two attached hydrogens (primary N) is 1. The molecule has 0 amide bonds. The fourth-order valence-electron chi connectivity index (χ4n) is 2.08. The number of rotatable bonds is 3. The minimum Gasteiger partial charge on any atom is -0.330 e. The molecule has 1 aromatic rings. The first-order valence-electron chi connectivity index (χ1n) is 5.04. The third-order valence-electron chi connectivity index (χ3n) is 2.99. The average Bonchev–Trinajstić information content (AvgIpc) is 2.91. The molecule has 1 aliphatic rings. The lowest BCUT2D eigenvalue weighted by Crippen LogP contribution is -2.17. The maximum Gasteiger partial charge on any atom is 0.0850 e. The number of hydrogen-bond acceptors (Lipinski definition) is 2. The Hall–Kier alpha value is -0.540. The van der Waals surface area contributed by atoms with Gasteiger partial charge >= 0.3 is 0 Å². The van der Waals surface area contributed by atoms with Crippen LogP contribution in [0.15, 0.2) is 0 Å². The molecular weight excluding hydrogens is 198 g/mol. The Labute approximate surface area is 89.2 Å². The Morgan fingerprint density at radius 2 is 2.29 bits per heavy atom. The third kappa shape index (κ3) is 1.55. The van der Waals surface area contributed by atoms with Crippen LogP contribution >= 0.6 is 11.6 Å². The van der Waals surface area contributed by atoms with E-state index in [1.165, 1.54) is 12.8 Å². The maximum absolute atomic E-state index is 6.22. The van der Waals surface area contributed by atoms with Gasteiger partial charge in [-0.05, 0) is 25.7 Å². The number of hydrogen-bond donors (Lipinski definition) is 1. The summed E-state index contributed by atoms with van der Waals surface area (Å²) >= 11 is 6.22. The van der Waals surface area contributed by atoms with Gasteiger partial charge in [-0.3, -0.25) is 4.68 Å². The van der Waals surface area contributed by atoms with E-state index in [0.29, 0.717) is 12.5 Å². The summed E-state index contributed by atoms with van der Waals surface area (Å²) in [5.74, 6) is 1.13. The van der Waals surface area contributed by atoms with E-state index in [-0.39, 0.29) is 0 Å². The minimum atomic E-state index is 0.397. The molecule has 4 heteroatoms. The molecule has 78 valence electrons. The van der Waals surface area contributed by atoms with Gasteiger partial charge in [0.25, 0.3) is 0 Å². The van der Waals surface area contributed by atoms with E-state index in [9.17, 15) is 0 Å². The molecular formula is C10H16ClN3. The molecule has 0 aromatic carbocycles. The molecule has 0 bridgehead atoms. The predicted octanol–water partition coefficient (Wildman–Crippen LogP) is 1.83. The van der Waals surface area contributed by atoms with Crippen molar-refractivity contribution in [3.05, 3.63) is 16.4 Å². The second kappa shape index (κ2) is 3.55. The predicted molar refractivity (Wildman–Crippen MR) is 57.5 cm³/mol. The first kappa shape index (κ1) is 9.99. The average molecular weight is 214 g/mol. The molecule has 0 aliphatic heterocycles. The molecule has 0 saturated heterocycles. The topological polar surface area (TPSA) is 43.8 Å². The Morgan fingerprint density at radius 3 is 2.64 bits per heavy atom. The van der Waals surface area contributed by atoms with Crippen LogP contribution in [0.25, 0.3) is 0 Å². The van der Waals surface area contributed by atoms with Gasteiger partial charge in [-0.15, -0.1) is 0 Å². The standard InChI is InChI=1S/C10H16ClN3/c1-6-9(11)10(14(2)13-6)8(5-12)7-3-4-7/h7-8H,3-5,12H2,1-2H3. The van der Waals surface area contributed by atoms with Gasteiger partial charge in [0.15, 0.2) is 0 Å². The number of halogens is 1. The lowest BCUT2D eigenvalue weighted by atomic mass is 9.99. The summed E-state index contributed by atoms with van der Waals surface area (Å²) in [5.41, 5.74) is 7.82. The monoisotopic (exact) mass is 213 g/mol. The van der Waals surface area contributed by atoms with Crippen molar-refractivity contribution < 1.29 is 0 Å². The van der Waals surface area contributed by atoms with E-state index in [1.807, 2.05) is 18.7 Å². The number of aryl methyl sites for hydroxylation is 2. The number of nitrogens with zero attached hydrogens (tertiary/aromatic N) is 2. The van der Waals surface area contributed by atoms with Crippen LogP contribution in [0.2, 0.25) is 5.02 Å². The lowest BCUT2D eigenvalue weighted by molar-refractivity contribution is 0.555. The van der Waals surface area contributed by atoms with Gasteiger partial charge in [0.2, 0.25) is 0 Å². The van der Waals surface area contributed by atoms with Crippen molar-refractivity contribution in [2.45, 2.75) is 25.7 Å². The second-order valence-electron chi connectivity index (χ2n) is 4.09. The van der Waals surface area contributed by atoms with Crippen molar-refractivity contribution in [2.24, 2.45) is 18.7 Å². The molecule has 3 nitrogen and oxygen atoms in total. The van der Waals surface area contributed by atoms with E-state index in [0.717, 1.165) is 22.3 Å². The Bertz CT molecular complexity index is 341. The summed E-state index contributed by atoms with van der Waals surface area (Å²) in [6.07, 6.45) is 2.56. The van der Waals surface area contributed by atoms with Crippen molar-refractivity contribution in [2.75, 3.05) is 6.54 Å². The van der Waals surface area contributed by atoms with Crippen LogP contribution in [0.3, 0.4) is 0 Å². The van der Waals surface area contributed by atoms with Crippen molar-refractivity contribution in [1.29, 1.82) is 0 Å². The van der Waals surface area contributed by atoms with Crippen molar-refractivity contribution >= 4 is 11.6 Å². The highest BCUT2D eigenvalue weighted by Crippen LogP contribution is 2.44. The fourth-order valence-corrected chi connectivity index (χ4v) is 2.38. The summed E-state index contributed by atoms with van der Waals surface area (Å²) in [6, 6.07) is 0. The molecule has 1 aromatic heterocycles. The summed E-state index contributed by atoms with van der Waals surface area (Å²) in [5, 5.41) is 5.12. The van der Waals surface area contributed by atoms with Gasteiger partial charge in [0.1, 0.15) is 0 Å². The quantitative estimate of drug-likeness (QED) is 0.833. The van der Waals surface area contributed by atoms with Crippen LogP contribution in [0.5, 0.6) is 0 Å². The largest absolute Gasteiger partial charge is 0.330 e. The summed E-state index contributed by atoms with van der Waals surface area (Å²) < 4.78 is 1.88. The van der Waals surface area contributed by atoms with Gasteiger partial charge in [-0.2, -0.15) is 5.10 Å². The van der Waals surface area contributed by atoms with Crippen LogP contribution < -0.4 is 5.73 Å². The summed E-state index contributed by atoms with van der Waals surface area (Å²) in [4.78, 5) is 0. The van der Waals surface area contributed by atoms with E-state index in [1.54, 1.807) is 0 Å². The zero-order chi connectivity index (χ0) is 10.3.